The molecule has 9 nitrogen and oxygen atoms in total. The number of halogens is 1. The second-order valence-electron chi connectivity index (χ2n) is 7.31. The Morgan fingerprint density at radius 1 is 1.10 bits per heavy atom. The summed E-state index contributed by atoms with van der Waals surface area (Å²) in [5.41, 5.74) is 5.30. The first-order valence-electron chi connectivity index (χ1n) is 9.64. The number of hydrazine groups is 1. The Kier molecular flexibility index (Phi) is 5.51. The maximum absolute atomic E-state index is 12.8. The lowest BCUT2D eigenvalue weighted by molar-refractivity contribution is -0.129. The van der Waals surface area contributed by atoms with Crippen LogP contribution in [0.5, 0.6) is 5.75 Å². The van der Waals surface area contributed by atoms with Gasteiger partial charge < -0.3 is 15.3 Å². The molecule has 1 heterocycles. The van der Waals surface area contributed by atoms with E-state index in [4.69, 9.17) is 11.6 Å². The molecular weight excluding hydrogens is 424 g/mol. The van der Waals surface area contributed by atoms with Gasteiger partial charge in [-0.25, -0.2) is 0 Å². The van der Waals surface area contributed by atoms with Gasteiger partial charge in [0.2, 0.25) is 5.91 Å². The number of carbonyl (C=O) groups is 4. The molecule has 2 aromatic rings. The van der Waals surface area contributed by atoms with Gasteiger partial charge in [-0.05, 0) is 42.7 Å². The fraction of sp³-hybridized carbons (Fsp3) is 0.238. The molecule has 1 aliphatic heterocycles. The van der Waals surface area contributed by atoms with E-state index in [9.17, 15) is 24.3 Å². The van der Waals surface area contributed by atoms with Crippen LogP contribution in [0.3, 0.4) is 0 Å². The van der Waals surface area contributed by atoms with Crippen molar-refractivity contribution in [2.75, 3.05) is 6.54 Å². The number of carbonyl (C=O) groups excluding carboxylic acids is 4. The zero-order valence-corrected chi connectivity index (χ0v) is 17.0. The van der Waals surface area contributed by atoms with Gasteiger partial charge in [-0.2, -0.15) is 0 Å². The van der Waals surface area contributed by atoms with Gasteiger partial charge in [0, 0.05) is 16.6 Å². The number of rotatable bonds is 5. The molecule has 0 aromatic heterocycles. The molecule has 4 amide bonds. The van der Waals surface area contributed by atoms with E-state index in [-0.39, 0.29) is 28.3 Å². The minimum atomic E-state index is -0.790. The number of amides is 4. The maximum Gasteiger partial charge on any atom is 0.273 e. The van der Waals surface area contributed by atoms with Crippen molar-refractivity contribution in [1.29, 1.82) is 0 Å². The largest absolute Gasteiger partial charge is 0.507 e. The summed E-state index contributed by atoms with van der Waals surface area (Å²) in [5.74, 6) is -2.40. The Morgan fingerprint density at radius 3 is 2.58 bits per heavy atom. The molecule has 0 spiro atoms. The van der Waals surface area contributed by atoms with Crippen LogP contribution in [-0.2, 0) is 9.59 Å². The monoisotopic (exact) mass is 442 g/mol. The number of phenols is 1. The van der Waals surface area contributed by atoms with E-state index >= 15 is 0 Å². The summed E-state index contributed by atoms with van der Waals surface area (Å²) in [6.45, 7) is -0.411. The topological polar surface area (TPSA) is 128 Å². The van der Waals surface area contributed by atoms with Crippen molar-refractivity contribution in [2.45, 2.75) is 24.9 Å². The zero-order valence-electron chi connectivity index (χ0n) is 16.2. The number of phenolic OH excluding ortho intramolecular Hbond substituents is 1. The normalized spacial score (nSPS) is 17.1. The van der Waals surface area contributed by atoms with Crippen molar-refractivity contribution < 1.29 is 24.3 Å². The molecule has 0 bridgehead atoms. The Hall–Kier alpha value is -3.59. The van der Waals surface area contributed by atoms with Crippen LogP contribution in [0.4, 0.5) is 0 Å². The zero-order chi connectivity index (χ0) is 22.1. The van der Waals surface area contributed by atoms with Gasteiger partial charge in [0.1, 0.15) is 11.8 Å². The van der Waals surface area contributed by atoms with Crippen LogP contribution in [0.15, 0.2) is 42.5 Å². The van der Waals surface area contributed by atoms with Gasteiger partial charge in [-0.15, -0.1) is 0 Å². The van der Waals surface area contributed by atoms with E-state index in [2.05, 4.69) is 16.2 Å². The fourth-order valence-electron chi connectivity index (χ4n) is 3.53. The highest BCUT2D eigenvalue weighted by molar-refractivity contribution is 6.31. The molecule has 0 saturated heterocycles. The molecule has 1 atom stereocenters. The van der Waals surface area contributed by atoms with Crippen LogP contribution < -0.4 is 16.2 Å². The number of nitrogens with one attached hydrogen (secondary N) is 3. The molecule has 1 unspecified atom stereocenters. The number of hydrogen-bond acceptors (Lipinski definition) is 5. The van der Waals surface area contributed by atoms with Crippen LogP contribution in [0, 0.1) is 0 Å². The van der Waals surface area contributed by atoms with Gasteiger partial charge >= 0.3 is 0 Å². The standard InChI is InChI=1S/C21H19ClN4O5/c22-11-5-8-16(27)15(9-11)19(29)25-24-17(28)10-23-20(30)18-13-3-1-2-4-14(13)21(31)26(18)12-6-7-12/h1-5,8-9,12,18,27H,6-7,10H2,(H,23,30)(H,24,28)(H,25,29). The van der Waals surface area contributed by atoms with Crippen molar-refractivity contribution in [3.05, 3.63) is 64.2 Å². The SMILES string of the molecule is O=C(CNC(=O)C1c2ccccc2C(=O)N1C1CC1)NNC(=O)c1cc(Cl)ccc1O. The van der Waals surface area contributed by atoms with Crippen molar-refractivity contribution in [3.63, 3.8) is 0 Å². The van der Waals surface area contributed by atoms with Crippen LogP contribution in [-0.4, -0.2) is 46.2 Å². The second-order valence-corrected chi connectivity index (χ2v) is 7.75. The van der Waals surface area contributed by atoms with E-state index in [1.54, 1.807) is 29.2 Å². The molecule has 0 radical (unpaired) electrons. The predicted octanol–water partition coefficient (Wildman–Crippen LogP) is 1.28. The first kappa shape index (κ1) is 20.7. The van der Waals surface area contributed by atoms with Gasteiger partial charge in [-0.1, -0.05) is 29.8 Å². The Bertz CT molecular complexity index is 1090. The number of benzene rings is 2. The molecule has 10 heteroatoms. The number of aromatic hydroxyl groups is 1. The molecule has 2 aromatic carbocycles. The lowest BCUT2D eigenvalue weighted by Crippen LogP contribution is -2.48. The highest BCUT2D eigenvalue weighted by Gasteiger charge is 2.47. The van der Waals surface area contributed by atoms with Gasteiger partial charge in [-0.3, -0.25) is 30.0 Å². The Labute approximate surface area is 182 Å². The highest BCUT2D eigenvalue weighted by atomic mass is 35.5. The van der Waals surface area contributed by atoms with E-state index in [1.165, 1.54) is 18.2 Å². The van der Waals surface area contributed by atoms with Crippen molar-refractivity contribution in [3.8, 4) is 5.75 Å². The molecule has 1 saturated carbocycles. The van der Waals surface area contributed by atoms with Crippen LogP contribution in [0.2, 0.25) is 5.02 Å². The van der Waals surface area contributed by atoms with Crippen LogP contribution in [0.1, 0.15) is 45.2 Å². The third kappa shape index (κ3) is 4.17. The van der Waals surface area contributed by atoms with Crippen molar-refractivity contribution >= 4 is 35.2 Å². The summed E-state index contributed by atoms with van der Waals surface area (Å²) in [7, 11) is 0. The first-order chi connectivity index (χ1) is 14.9. The Balaban J connectivity index is 1.35. The lowest BCUT2D eigenvalue weighted by atomic mass is 10.0. The molecule has 2 aliphatic rings. The minimum Gasteiger partial charge on any atom is -0.507 e. The molecule has 4 rings (SSSR count). The maximum atomic E-state index is 12.8. The summed E-state index contributed by atoms with van der Waals surface area (Å²) in [6.07, 6.45) is 1.68. The smallest absolute Gasteiger partial charge is 0.273 e. The summed E-state index contributed by atoms with van der Waals surface area (Å²) in [6, 6.07) is 10.1. The van der Waals surface area contributed by atoms with Gasteiger partial charge in [0.15, 0.2) is 0 Å². The number of hydrogen-bond donors (Lipinski definition) is 4. The summed E-state index contributed by atoms with van der Waals surface area (Å²) < 4.78 is 0. The molecular formula is C21H19ClN4O5. The average molecular weight is 443 g/mol. The van der Waals surface area contributed by atoms with Crippen LogP contribution >= 0.6 is 11.6 Å². The third-order valence-electron chi connectivity index (χ3n) is 5.13. The highest BCUT2D eigenvalue weighted by Crippen LogP contribution is 2.41. The van der Waals surface area contributed by atoms with Gasteiger partial charge in [0.05, 0.1) is 12.1 Å². The molecule has 1 fully saturated rings. The van der Waals surface area contributed by atoms with Crippen molar-refractivity contribution in [1.82, 2.24) is 21.1 Å². The van der Waals surface area contributed by atoms with E-state index in [0.717, 1.165) is 12.8 Å². The van der Waals surface area contributed by atoms with E-state index in [1.807, 2.05) is 0 Å². The molecule has 31 heavy (non-hydrogen) atoms. The quantitative estimate of drug-likeness (QED) is 0.519. The van der Waals surface area contributed by atoms with E-state index in [0.29, 0.717) is 11.1 Å². The molecule has 4 N–H and O–H groups in total. The first-order valence-corrected chi connectivity index (χ1v) is 10.0. The number of nitrogens with zero attached hydrogens (tertiary/aromatic N) is 1. The third-order valence-corrected chi connectivity index (χ3v) is 5.36. The summed E-state index contributed by atoms with van der Waals surface area (Å²) >= 11 is 5.80. The fourth-order valence-corrected chi connectivity index (χ4v) is 3.70. The van der Waals surface area contributed by atoms with Crippen LogP contribution in [0.25, 0.3) is 0 Å². The summed E-state index contributed by atoms with van der Waals surface area (Å²) in [4.78, 5) is 51.2. The average Bonchev–Trinajstić information content (AvgIpc) is 3.56. The van der Waals surface area contributed by atoms with Crippen molar-refractivity contribution in [2.24, 2.45) is 0 Å². The van der Waals surface area contributed by atoms with Gasteiger partial charge in [0.25, 0.3) is 17.7 Å². The molecule has 160 valence electrons. The second kappa shape index (κ2) is 8.27. The van der Waals surface area contributed by atoms with E-state index < -0.39 is 30.3 Å². The summed E-state index contributed by atoms with van der Waals surface area (Å²) in [5, 5.41) is 12.5. The minimum absolute atomic E-state index is 0.0224. The lowest BCUT2D eigenvalue weighted by Gasteiger charge is -2.24. The molecule has 1 aliphatic carbocycles. The predicted molar refractivity (Wildman–Crippen MR) is 110 cm³/mol. The number of fused-ring (bicyclic) bond motifs is 1. The Morgan fingerprint density at radius 2 is 1.84 bits per heavy atom.